The molecule has 28 heavy (non-hydrogen) atoms. The first-order valence-corrected chi connectivity index (χ1v) is 8.96. The molecule has 0 aliphatic carbocycles. The van der Waals surface area contributed by atoms with Crippen molar-refractivity contribution < 1.29 is 23.8 Å². The second kappa shape index (κ2) is 8.31. The molecule has 1 saturated heterocycles. The van der Waals surface area contributed by atoms with E-state index in [0.717, 1.165) is 0 Å². The smallest absolute Gasteiger partial charge is 0.295 e. The summed E-state index contributed by atoms with van der Waals surface area (Å²) in [5.41, 5.74) is 0.867. The van der Waals surface area contributed by atoms with Crippen LogP contribution in [0.5, 0.6) is 0 Å². The number of ether oxygens (including phenoxy) is 1. The van der Waals surface area contributed by atoms with Gasteiger partial charge in [-0.25, -0.2) is 4.39 Å². The Hall–Kier alpha value is -3.06. The third-order valence-corrected chi connectivity index (χ3v) is 4.46. The number of Topliss-reactive ketones (excluding diaryl/α,β-unsaturated/α-hetero) is 1. The van der Waals surface area contributed by atoms with E-state index in [1.165, 1.54) is 29.2 Å². The summed E-state index contributed by atoms with van der Waals surface area (Å²) in [5, 5.41) is 10.8. The molecule has 1 N–H and O–H groups in total. The zero-order valence-corrected chi connectivity index (χ0v) is 15.6. The molecule has 1 aliphatic heterocycles. The lowest BCUT2D eigenvalue weighted by Gasteiger charge is -2.25. The van der Waals surface area contributed by atoms with Crippen molar-refractivity contribution in [1.82, 2.24) is 9.88 Å². The van der Waals surface area contributed by atoms with Gasteiger partial charge in [0.05, 0.1) is 24.3 Å². The molecule has 146 valence electrons. The van der Waals surface area contributed by atoms with Gasteiger partial charge in [-0.1, -0.05) is 0 Å². The third kappa shape index (κ3) is 3.94. The molecule has 1 aromatic heterocycles. The van der Waals surface area contributed by atoms with E-state index < -0.39 is 23.5 Å². The van der Waals surface area contributed by atoms with Crippen molar-refractivity contribution in [2.45, 2.75) is 26.0 Å². The van der Waals surface area contributed by atoms with Crippen molar-refractivity contribution in [1.29, 1.82) is 0 Å². The Morgan fingerprint density at radius 3 is 2.43 bits per heavy atom. The van der Waals surface area contributed by atoms with Crippen molar-refractivity contribution in [2.24, 2.45) is 0 Å². The molecule has 0 radical (unpaired) electrons. The number of hydrogen-bond acceptors (Lipinski definition) is 5. The quantitative estimate of drug-likeness (QED) is 0.470. The maximum atomic E-state index is 13.2. The minimum atomic E-state index is -0.784. The third-order valence-electron chi connectivity index (χ3n) is 4.46. The lowest BCUT2D eigenvalue weighted by molar-refractivity contribution is -0.140. The highest BCUT2D eigenvalue weighted by Crippen LogP contribution is 2.38. The first kappa shape index (κ1) is 19.7. The van der Waals surface area contributed by atoms with Gasteiger partial charge in [-0.2, -0.15) is 0 Å². The number of rotatable bonds is 6. The Balaban J connectivity index is 2.06. The Kier molecular flexibility index (Phi) is 5.84. The van der Waals surface area contributed by atoms with Gasteiger partial charge in [0, 0.05) is 24.5 Å². The number of amides is 1. The highest BCUT2D eigenvalue weighted by molar-refractivity contribution is 6.46. The van der Waals surface area contributed by atoms with Crippen molar-refractivity contribution in [3.8, 4) is 0 Å². The van der Waals surface area contributed by atoms with Crippen LogP contribution in [0.2, 0.25) is 0 Å². The van der Waals surface area contributed by atoms with Gasteiger partial charge in [-0.05, 0) is 55.8 Å². The van der Waals surface area contributed by atoms with Crippen LogP contribution < -0.4 is 0 Å². The second-order valence-electron chi connectivity index (χ2n) is 6.70. The Labute approximate surface area is 162 Å². The van der Waals surface area contributed by atoms with Crippen molar-refractivity contribution >= 4 is 17.4 Å². The fourth-order valence-corrected chi connectivity index (χ4v) is 3.15. The molecule has 0 bridgehead atoms. The standard InChI is InChI=1S/C21H21FN2O4/c1-13(2)28-12-11-24-18(14-7-9-23-10-8-14)17(20(26)21(24)27)19(25)15-3-5-16(22)6-4-15/h3-10,13,18,25H,11-12H2,1-2H3/b19-17-. The maximum absolute atomic E-state index is 13.2. The molecule has 0 saturated carbocycles. The Morgan fingerprint density at radius 1 is 1.18 bits per heavy atom. The fourth-order valence-electron chi connectivity index (χ4n) is 3.15. The molecule has 0 spiro atoms. The van der Waals surface area contributed by atoms with Gasteiger partial charge in [0.25, 0.3) is 11.7 Å². The van der Waals surface area contributed by atoms with Gasteiger partial charge in [0.15, 0.2) is 0 Å². The lowest BCUT2D eigenvalue weighted by Crippen LogP contribution is -2.33. The summed E-state index contributed by atoms with van der Waals surface area (Å²) in [6.45, 7) is 4.20. The van der Waals surface area contributed by atoms with Gasteiger partial charge in [0.1, 0.15) is 11.6 Å². The van der Waals surface area contributed by atoms with Gasteiger partial charge in [-0.15, -0.1) is 0 Å². The number of aliphatic hydroxyl groups excluding tert-OH is 1. The van der Waals surface area contributed by atoms with Crippen LogP contribution in [0.4, 0.5) is 4.39 Å². The SMILES string of the molecule is CC(C)OCCN1C(=O)C(=O)/C(=C(\O)c2ccc(F)cc2)C1c1ccncc1. The van der Waals surface area contributed by atoms with E-state index in [2.05, 4.69) is 4.98 Å². The average Bonchev–Trinajstić information content (AvgIpc) is 2.93. The van der Waals surface area contributed by atoms with Gasteiger partial charge >= 0.3 is 0 Å². The molecule has 1 amide bonds. The number of benzene rings is 1. The zero-order chi connectivity index (χ0) is 20.3. The molecule has 3 rings (SSSR count). The Bertz CT molecular complexity index is 894. The number of halogens is 1. The van der Waals surface area contributed by atoms with Crippen LogP contribution in [0.15, 0.2) is 54.4 Å². The summed E-state index contributed by atoms with van der Waals surface area (Å²) in [7, 11) is 0. The van der Waals surface area contributed by atoms with Crippen LogP contribution in [0.3, 0.4) is 0 Å². The van der Waals surface area contributed by atoms with Crippen LogP contribution in [0.25, 0.3) is 5.76 Å². The fraction of sp³-hybridized carbons (Fsp3) is 0.286. The topological polar surface area (TPSA) is 79.7 Å². The molecular weight excluding hydrogens is 363 g/mol. The number of aliphatic hydroxyl groups is 1. The normalized spacial score (nSPS) is 18.9. The minimum absolute atomic E-state index is 0.0181. The summed E-state index contributed by atoms with van der Waals surface area (Å²) in [4.78, 5) is 30.8. The van der Waals surface area contributed by atoms with Crippen molar-refractivity contribution in [3.63, 3.8) is 0 Å². The highest BCUT2D eigenvalue weighted by Gasteiger charge is 2.45. The summed E-state index contributed by atoms with van der Waals surface area (Å²) in [6, 6.07) is 7.69. The molecule has 1 aliphatic rings. The maximum Gasteiger partial charge on any atom is 0.295 e. The molecule has 6 nitrogen and oxygen atoms in total. The number of pyridine rings is 1. The van der Waals surface area contributed by atoms with Crippen LogP contribution in [0, 0.1) is 5.82 Å². The van der Waals surface area contributed by atoms with Gasteiger partial charge in [-0.3, -0.25) is 14.6 Å². The van der Waals surface area contributed by atoms with Gasteiger partial charge < -0.3 is 14.7 Å². The number of ketones is 1. The van der Waals surface area contributed by atoms with E-state index in [9.17, 15) is 19.1 Å². The monoisotopic (exact) mass is 384 g/mol. The van der Waals surface area contributed by atoms with Crippen LogP contribution in [-0.4, -0.2) is 45.9 Å². The van der Waals surface area contributed by atoms with E-state index in [0.29, 0.717) is 5.56 Å². The van der Waals surface area contributed by atoms with E-state index in [-0.39, 0.29) is 36.2 Å². The first-order chi connectivity index (χ1) is 13.4. The van der Waals surface area contributed by atoms with E-state index in [1.54, 1.807) is 24.5 Å². The summed E-state index contributed by atoms with van der Waals surface area (Å²) in [5.74, 6) is -2.30. The number of likely N-dealkylation sites (tertiary alicyclic amines) is 1. The number of hydrogen-bond donors (Lipinski definition) is 1. The van der Waals surface area contributed by atoms with Gasteiger partial charge in [0.2, 0.25) is 0 Å². The molecule has 7 heteroatoms. The second-order valence-corrected chi connectivity index (χ2v) is 6.70. The number of carbonyl (C=O) groups is 2. The zero-order valence-electron chi connectivity index (χ0n) is 15.6. The van der Waals surface area contributed by atoms with E-state index >= 15 is 0 Å². The molecule has 1 unspecified atom stereocenters. The summed E-state index contributed by atoms with van der Waals surface area (Å²) >= 11 is 0. The molecule has 1 atom stereocenters. The Morgan fingerprint density at radius 2 is 1.82 bits per heavy atom. The summed E-state index contributed by atoms with van der Waals surface area (Å²) in [6.07, 6.45) is 3.09. The van der Waals surface area contributed by atoms with Crippen molar-refractivity contribution in [2.75, 3.05) is 13.2 Å². The predicted octanol–water partition coefficient (Wildman–Crippen LogP) is 3.07. The predicted molar refractivity (Wildman–Crippen MR) is 101 cm³/mol. The molecule has 2 heterocycles. The number of aromatic nitrogens is 1. The summed E-state index contributed by atoms with van der Waals surface area (Å²) < 4.78 is 18.8. The molecule has 2 aromatic rings. The van der Waals surface area contributed by atoms with Crippen LogP contribution >= 0.6 is 0 Å². The number of nitrogens with zero attached hydrogens (tertiary/aromatic N) is 2. The number of carbonyl (C=O) groups excluding carboxylic acids is 2. The first-order valence-electron chi connectivity index (χ1n) is 8.96. The van der Waals surface area contributed by atoms with Crippen LogP contribution in [-0.2, 0) is 14.3 Å². The minimum Gasteiger partial charge on any atom is -0.507 e. The molecular formula is C21H21FN2O4. The van der Waals surface area contributed by atoms with Crippen LogP contribution in [0.1, 0.15) is 31.0 Å². The van der Waals surface area contributed by atoms with E-state index in [4.69, 9.17) is 4.74 Å². The average molecular weight is 384 g/mol. The van der Waals surface area contributed by atoms with E-state index in [1.807, 2.05) is 13.8 Å². The molecule has 1 aromatic carbocycles. The highest BCUT2D eigenvalue weighted by atomic mass is 19.1. The largest absolute Gasteiger partial charge is 0.507 e. The van der Waals surface area contributed by atoms with Crippen molar-refractivity contribution in [3.05, 3.63) is 71.3 Å². The molecule has 1 fully saturated rings. The lowest BCUT2D eigenvalue weighted by atomic mass is 9.96.